The van der Waals surface area contributed by atoms with E-state index in [0.717, 1.165) is 17.4 Å². The summed E-state index contributed by atoms with van der Waals surface area (Å²) in [7, 11) is 0. The number of anilines is 1. The van der Waals surface area contributed by atoms with Gasteiger partial charge in [0.25, 0.3) is 0 Å². The first-order valence-electron chi connectivity index (χ1n) is 5.45. The van der Waals surface area contributed by atoms with Crippen molar-refractivity contribution in [3.8, 4) is 0 Å². The Kier molecular flexibility index (Phi) is 4.09. The highest BCUT2D eigenvalue weighted by Crippen LogP contribution is 2.11. The molecule has 1 aliphatic heterocycles. The van der Waals surface area contributed by atoms with E-state index in [9.17, 15) is 9.90 Å². The van der Waals surface area contributed by atoms with Crippen molar-refractivity contribution in [1.29, 1.82) is 0 Å². The van der Waals surface area contributed by atoms with Crippen molar-refractivity contribution in [2.24, 2.45) is 0 Å². The molecule has 6 heteroatoms. The van der Waals surface area contributed by atoms with Crippen molar-refractivity contribution in [2.75, 3.05) is 25.0 Å². The topological polar surface area (TPSA) is 65.5 Å². The number of carbonyl (C=O) groups is 1. The van der Waals surface area contributed by atoms with Crippen LogP contribution in [-0.2, 0) is 4.79 Å². The molecule has 0 saturated carbocycles. The normalized spacial score (nSPS) is 20.5. The molecular formula is C11H14BrN3O2. The van der Waals surface area contributed by atoms with Crippen molar-refractivity contribution in [1.82, 2.24) is 9.88 Å². The number of carbonyl (C=O) groups excluding carboxylic acids is 1. The molecule has 2 N–H and O–H groups in total. The number of amides is 1. The summed E-state index contributed by atoms with van der Waals surface area (Å²) in [5.41, 5.74) is 0. The summed E-state index contributed by atoms with van der Waals surface area (Å²) in [5.74, 6) is 0.437. The van der Waals surface area contributed by atoms with Crippen LogP contribution in [0, 0.1) is 0 Å². The standard InChI is InChI=1S/C11H14BrN3O2/c12-8-1-2-10(13-5-8)14-11(17)7-15-4-3-9(16)6-15/h1-2,5,9,16H,3-4,6-7H2,(H,13,14,17). The molecular weight excluding hydrogens is 286 g/mol. The molecule has 1 aromatic rings. The molecule has 1 atom stereocenters. The highest BCUT2D eigenvalue weighted by atomic mass is 79.9. The molecule has 17 heavy (non-hydrogen) atoms. The van der Waals surface area contributed by atoms with Gasteiger partial charge in [-0.3, -0.25) is 9.69 Å². The fourth-order valence-corrected chi connectivity index (χ4v) is 2.03. The van der Waals surface area contributed by atoms with Gasteiger partial charge in [0.1, 0.15) is 5.82 Å². The van der Waals surface area contributed by atoms with Gasteiger partial charge in [0.05, 0.1) is 12.6 Å². The van der Waals surface area contributed by atoms with Crippen LogP contribution in [0.4, 0.5) is 5.82 Å². The molecule has 2 heterocycles. The number of aliphatic hydroxyl groups excluding tert-OH is 1. The van der Waals surface area contributed by atoms with Gasteiger partial charge in [-0.05, 0) is 34.5 Å². The van der Waals surface area contributed by atoms with Gasteiger partial charge in [-0.1, -0.05) is 0 Å². The summed E-state index contributed by atoms with van der Waals surface area (Å²) in [6, 6.07) is 3.56. The first-order valence-corrected chi connectivity index (χ1v) is 6.24. The van der Waals surface area contributed by atoms with E-state index in [1.54, 1.807) is 12.3 Å². The van der Waals surface area contributed by atoms with E-state index < -0.39 is 0 Å². The SMILES string of the molecule is O=C(CN1CCC(O)C1)Nc1ccc(Br)cn1. The quantitative estimate of drug-likeness (QED) is 0.868. The number of nitrogens with one attached hydrogen (secondary N) is 1. The largest absolute Gasteiger partial charge is 0.392 e. The van der Waals surface area contributed by atoms with Gasteiger partial charge in [-0.15, -0.1) is 0 Å². The molecule has 5 nitrogen and oxygen atoms in total. The zero-order valence-electron chi connectivity index (χ0n) is 9.27. The van der Waals surface area contributed by atoms with Crippen LogP contribution in [-0.4, -0.2) is 46.6 Å². The van der Waals surface area contributed by atoms with E-state index in [-0.39, 0.29) is 12.0 Å². The second-order valence-corrected chi connectivity index (χ2v) is 5.00. The van der Waals surface area contributed by atoms with E-state index in [1.807, 2.05) is 11.0 Å². The lowest BCUT2D eigenvalue weighted by Gasteiger charge is -2.13. The Hall–Kier alpha value is -0.980. The third-order valence-corrected chi connectivity index (χ3v) is 3.08. The maximum absolute atomic E-state index is 11.7. The Bertz CT molecular complexity index is 396. The van der Waals surface area contributed by atoms with Crippen LogP contribution in [0.3, 0.4) is 0 Å². The fourth-order valence-electron chi connectivity index (χ4n) is 1.79. The van der Waals surface area contributed by atoms with Crippen LogP contribution >= 0.6 is 15.9 Å². The Morgan fingerprint density at radius 2 is 2.47 bits per heavy atom. The number of hydrogen-bond donors (Lipinski definition) is 2. The summed E-state index contributed by atoms with van der Waals surface area (Å²) in [6.45, 7) is 1.64. The molecule has 1 fully saturated rings. The number of β-amino-alcohol motifs (C(OH)–C–C–N with tert-alkyl or cyclic N) is 1. The summed E-state index contributed by atoms with van der Waals surface area (Å²) < 4.78 is 0.873. The lowest BCUT2D eigenvalue weighted by Crippen LogP contribution is -2.32. The second kappa shape index (κ2) is 5.57. The minimum atomic E-state index is -0.298. The molecule has 1 amide bonds. The van der Waals surface area contributed by atoms with Gasteiger partial charge in [0.2, 0.25) is 5.91 Å². The molecule has 0 spiro atoms. The van der Waals surface area contributed by atoms with Gasteiger partial charge in [0.15, 0.2) is 0 Å². The zero-order valence-corrected chi connectivity index (χ0v) is 10.9. The maximum Gasteiger partial charge on any atom is 0.239 e. The van der Waals surface area contributed by atoms with Crippen molar-refractivity contribution in [3.63, 3.8) is 0 Å². The van der Waals surface area contributed by atoms with Crippen molar-refractivity contribution >= 4 is 27.7 Å². The summed E-state index contributed by atoms with van der Waals surface area (Å²) >= 11 is 3.28. The molecule has 1 aliphatic rings. The van der Waals surface area contributed by atoms with Gasteiger partial charge < -0.3 is 10.4 Å². The van der Waals surface area contributed by atoms with Crippen molar-refractivity contribution in [3.05, 3.63) is 22.8 Å². The van der Waals surface area contributed by atoms with E-state index in [2.05, 4.69) is 26.2 Å². The minimum absolute atomic E-state index is 0.103. The number of likely N-dealkylation sites (tertiary alicyclic amines) is 1. The van der Waals surface area contributed by atoms with Crippen LogP contribution in [0.15, 0.2) is 22.8 Å². The van der Waals surface area contributed by atoms with E-state index in [1.165, 1.54) is 0 Å². The molecule has 2 rings (SSSR count). The Morgan fingerprint density at radius 1 is 1.65 bits per heavy atom. The monoisotopic (exact) mass is 299 g/mol. The van der Waals surface area contributed by atoms with E-state index in [0.29, 0.717) is 18.9 Å². The molecule has 1 unspecified atom stereocenters. The Balaban J connectivity index is 1.83. The summed E-state index contributed by atoms with van der Waals surface area (Å²) in [5, 5.41) is 12.1. The molecule has 0 bridgehead atoms. The molecule has 0 radical (unpaired) electrons. The highest BCUT2D eigenvalue weighted by Gasteiger charge is 2.21. The number of hydrogen-bond acceptors (Lipinski definition) is 4. The maximum atomic E-state index is 11.7. The number of halogens is 1. The third-order valence-electron chi connectivity index (χ3n) is 2.61. The predicted octanol–water partition coefficient (Wildman–Crippen LogP) is 0.849. The fraction of sp³-hybridized carbons (Fsp3) is 0.455. The predicted molar refractivity (Wildman–Crippen MR) is 67.6 cm³/mol. The van der Waals surface area contributed by atoms with Gasteiger partial charge >= 0.3 is 0 Å². The molecule has 0 aromatic carbocycles. The van der Waals surface area contributed by atoms with E-state index >= 15 is 0 Å². The lowest BCUT2D eigenvalue weighted by atomic mass is 10.3. The Morgan fingerprint density at radius 3 is 3.06 bits per heavy atom. The van der Waals surface area contributed by atoms with Crippen molar-refractivity contribution in [2.45, 2.75) is 12.5 Å². The first kappa shape index (κ1) is 12.5. The molecule has 1 saturated heterocycles. The zero-order chi connectivity index (χ0) is 12.3. The number of aromatic nitrogens is 1. The van der Waals surface area contributed by atoms with Gasteiger partial charge in [0, 0.05) is 23.8 Å². The number of nitrogens with zero attached hydrogens (tertiary/aromatic N) is 2. The average Bonchev–Trinajstić information content (AvgIpc) is 2.67. The smallest absolute Gasteiger partial charge is 0.239 e. The molecule has 0 aliphatic carbocycles. The lowest BCUT2D eigenvalue weighted by molar-refractivity contribution is -0.117. The highest BCUT2D eigenvalue weighted by molar-refractivity contribution is 9.10. The summed E-state index contributed by atoms with van der Waals surface area (Å²) in [4.78, 5) is 17.7. The molecule has 92 valence electrons. The number of pyridine rings is 1. The average molecular weight is 300 g/mol. The van der Waals surface area contributed by atoms with Crippen LogP contribution in [0.1, 0.15) is 6.42 Å². The summed E-state index contributed by atoms with van der Waals surface area (Å²) in [6.07, 6.45) is 2.08. The van der Waals surface area contributed by atoms with Gasteiger partial charge in [-0.2, -0.15) is 0 Å². The van der Waals surface area contributed by atoms with Gasteiger partial charge in [-0.25, -0.2) is 4.98 Å². The van der Waals surface area contributed by atoms with Crippen molar-refractivity contribution < 1.29 is 9.90 Å². The molecule has 1 aromatic heterocycles. The number of aliphatic hydroxyl groups is 1. The van der Waals surface area contributed by atoms with Crippen LogP contribution in [0.5, 0.6) is 0 Å². The second-order valence-electron chi connectivity index (χ2n) is 4.09. The van der Waals surface area contributed by atoms with Crippen LogP contribution in [0.25, 0.3) is 0 Å². The minimum Gasteiger partial charge on any atom is -0.392 e. The number of rotatable bonds is 3. The Labute approximate surface area is 108 Å². The first-order chi connectivity index (χ1) is 8.13. The van der Waals surface area contributed by atoms with Crippen LogP contribution in [0.2, 0.25) is 0 Å². The van der Waals surface area contributed by atoms with E-state index in [4.69, 9.17) is 0 Å². The van der Waals surface area contributed by atoms with Crippen LogP contribution < -0.4 is 5.32 Å². The third kappa shape index (κ3) is 3.76.